The van der Waals surface area contributed by atoms with Crippen LogP contribution < -0.4 is 11.1 Å². The molecule has 0 fully saturated rings. The van der Waals surface area contributed by atoms with Gasteiger partial charge in [-0.1, -0.05) is 23.8 Å². The van der Waals surface area contributed by atoms with Crippen molar-refractivity contribution in [2.75, 3.05) is 5.32 Å². The summed E-state index contributed by atoms with van der Waals surface area (Å²) in [6.07, 6.45) is 4.30. The van der Waals surface area contributed by atoms with E-state index in [2.05, 4.69) is 20.5 Å². The Bertz CT molecular complexity index is 612. The summed E-state index contributed by atoms with van der Waals surface area (Å²) in [6, 6.07) is 1.51. The minimum Gasteiger partial charge on any atom is -0.389 e. The fraction of sp³-hybridized carbons (Fsp3) is 0. The molecule has 0 aliphatic carbocycles. The average Bonchev–Trinajstić information content (AvgIpc) is 2.77. The largest absolute Gasteiger partial charge is 0.389 e. The van der Waals surface area contributed by atoms with Crippen LogP contribution in [0.1, 0.15) is 15.9 Å². The third-order valence-electron chi connectivity index (χ3n) is 2.16. The van der Waals surface area contributed by atoms with Crippen LogP contribution in [0.5, 0.6) is 0 Å². The van der Waals surface area contributed by atoms with Crippen LogP contribution in [0.15, 0.2) is 24.7 Å². The van der Waals surface area contributed by atoms with Gasteiger partial charge in [0.15, 0.2) is 0 Å². The number of aromatic nitrogens is 3. The number of halogens is 1. The molecule has 0 aromatic carbocycles. The molecule has 0 aliphatic heterocycles. The highest BCUT2D eigenvalue weighted by Gasteiger charge is 2.14. The molecule has 0 bridgehead atoms. The van der Waals surface area contributed by atoms with Crippen molar-refractivity contribution in [3.8, 4) is 0 Å². The number of nitrogens with two attached hydrogens (primary N) is 1. The van der Waals surface area contributed by atoms with Crippen molar-refractivity contribution in [3.05, 3.63) is 40.8 Å². The molecule has 92 valence electrons. The van der Waals surface area contributed by atoms with E-state index in [1.807, 2.05) is 0 Å². The first-order valence-electron chi connectivity index (χ1n) is 4.83. The van der Waals surface area contributed by atoms with Gasteiger partial charge < -0.3 is 11.1 Å². The predicted molar refractivity (Wildman–Crippen MR) is 71.7 cm³/mol. The van der Waals surface area contributed by atoms with Gasteiger partial charge in [-0.25, -0.2) is 0 Å². The van der Waals surface area contributed by atoms with Crippen molar-refractivity contribution in [1.82, 2.24) is 15.2 Å². The van der Waals surface area contributed by atoms with Crippen molar-refractivity contribution in [1.29, 1.82) is 0 Å². The van der Waals surface area contributed by atoms with Gasteiger partial charge in [0.1, 0.15) is 10.8 Å². The van der Waals surface area contributed by atoms with Crippen LogP contribution in [0.2, 0.25) is 5.02 Å². The lowest BCUT2D eigenvalue weighted by Gasteiger charge is -2.05. The minimum atomic E-state index is -0.399. The molecular weight excluding hydrogens is 274 g/mol. The first-order chi connectivity index (χ1) is 8.59. The summed E-state index contributed by atoms with van der Waals surface area (Å²) < 4.78 is 0. The lowest BCUT2D eigenvalue weighted by molar-refractivity contribution is 0.102. The van der Waals surface area contributed by atoms with Crippen LogP contribution in [0, 0.1) is 0 Å². The zero-order chi connectivity index (χ0) is 13.1. The van der Waals surface area contributed by atoms with Crippen LogP contribution >= 0.6 is 23.8 Å². The van der Waals surface area contributed by atoms with Gasteiger partial charge in [-0.2, -0.15) is 5.10 Å². The zero-order valence-corrected chi connectivity index (χ0v) is 10.5. The van der Waals surface area contributed by atoms with Crippen molar-refractivity contribution in [2.24, 2.45) is 5.73 Å². The molecule has 0 spiro atoms. The van der Waals surface area contributed by atoms with Gasteiger partial charge in [0, 0.05) is 12.4 Å². The SMILES string of the molecule is NC(=S)c1cn[nH]c1NC(=O)c1ccncc1Cl. The molecule has 0 saturated heterocycles. The highest BCUT2D eigenvalue weighted by Crippen LogP contribution is 2.17. The molecule has 0 aliphatic rings. The molecule has 4 N–H and O–H groups in total. The van der Waals surface area contributed by atoms with Crippen LogP contribution in [0.4, 0.5) is 5.82 Å². The Labute approximate surface area is 113 Å². The molecule has 8 heteroatoms. The number of aromatic amines is 1. The predicted octanol–water partition coefficient (Wildman–Crippen LogP) is 1.34. The molecule has 18 heavy (non-hydrogen) atoms. The fourth-order valence-electron chi connectivity index (χ4n) is 1.31. The molecule has 6 nitrogen and oxygen atoms in total. The average molecular weight is 282 g/mol. The van der Waals surface area contributed by atoms with E-state index in [9.17, 15) is 4.79 Å². The van der Waals surface area contributed by atoms with Gasteiger partial charge in [-0.15, -0.1) is 0 Å². The lowest BCUT2D eigenvalue weighted by atomic mass is 10.2. The van der Waals surface area contributed by atoms with Crippen molar-refractivity contribution in [2.45, 2.75) is 0 Å². The summed E-state index contributed by atoms with van der Waals surface area (Å²) in [5.41, 5.74) is 6.25. The number of carbonyl (C=O) groups excluding carboxylic acids is 1. The fourth-order valence-corrected chi connectivity index (χ4v) is 1.67. The van der Waals surface area contributed by atoms with Gasteiger partial charge in [0.05, 0.1) is 22.3 Å². The van der Waals surface area contributed by atoms with Gasteiger partial charge in [0.25, 0.3) is 5.91 Å². The number of pyridine rings is 1. The molecule has 2 heterocycles. The lowest BCUT2D eigenvalue weighted by Crippen LogP contribution is -2.17. The van der Waals surface area contributed by atoms with E-state index < -0.39 is 5.91 Å². The topological polar surface area (TPSA) is 96.7 Å². The third-order valence-corrected chi connectivity index (χ3v) is 2.68. The van der Waals surface area contributed by atoms with Crippen molar-refractivity contribution < 1.29 is 4.79 Å². The minimum absolute atomic E-state index is 0.139. The Kier molecular flexibility index (Phi) is 3.54. The molecule has 2 aromatic rings. The van der Waals surface area contributed by atoms with E-state index in [1.54, 1.807) is 0 Å². The molecule has 0 unspecified atom stereocenters. The molecule has 2 aromatic heterocycles. The number of H-pyrrole nitrogens is 1. The van der Waals surface area contributed by atoms with Gasteiger partial charge in [-0.3, -0.25) is 14.9 Å². The maximum atomic E-state index is 12.0. The van der Waals surface area contributed by atoms with Gasteiger partial charge >= 0.3 is 0 Å². The van der Waals surface area contributed by atoms with E-state index in [1.165, 1.54) is 24.7 Å². The van der Waals surface area contributed by atoms with Crippen LogP contribution in [-0.4, -0.2) is 26.1 Å². The second kappa shape index (κ2) is 5.11. The highest BCUT2D eigenvalue weighted by molar-refractivity contribution is 7.80. The standard InChI is InChI=1S/C10H8ClN5OS/c11-7-4-13-2-1-5(7)10(17)15-9-6(8(12)18)3-14-16-9/h1-4H,(H2,12,18)(H2,14,15,16,17). The molecule has 0 atom stereocenters. The van der Waals surface area contributed by atoms with E-state index in [0.29, 0.717) is 16.9 Å². The van der Waals surface area contributed by atoms with Crippen LogP contribution in [0.25, 0.3) is 0 Å². The van der Waals surface area contributed by atoms with Crippen molar-refractivity contribution in [3.63, 3.8) is 0 Å². The molecule has 0 radical (unpaired) electrons. The second-order valence-electron chi connectivity index (χ2n) is 3.33. The van der Waals surface area contributed by atoms with Crippen LogP contribution in [-0.2, 0) is 0 Å². The Morgan fingerprint density at radius 1 is 1.44 bits per heavy atom. The van der Waals surface area contributed by atoms with E-state index in [-0.39, 0.29) is 10.0 Å². The van der Waals surface area contributed by atoms with E-state index in [0.717, 1.165) is 0 Å². The quantitative estimate of drug-likeness (QED) is 0.738. The molecule has 2 rings (SSSR count). The Balaban J connectivity index is 2.25. The van der Waals surface area contributed by atoms with E-state index >= 15 is 0 Å². The number of thiocarbonyl (C=S) groups is 1. The maximum absolute atomic E-state index is 12.0. The molecular formula is C10H8ClN5OS. The zero-order valence-electron chi connectivity index (χ0n) is 8.98. The van der Waals surface area contributed by atoms with Gasteiger partial charge in [-0.05, 0) is 6.07 Å². The first-order valence-corrected chi connectivity index (χ1v) is 5.62. The summed E-state index contributed by atoms with van der Waals surface area (Å²) in [5.74, 6) is -0.0653. The number of rotatable bonds is 3. The number of hydrogen-bond acceptors (Lipinski definition) is 4. The van der Waals surface area contributed by atoms with Gasteiger partial charge in [0.2, 0.25) is 0 Å². The van der Waals surface area contributed by atoms with E-state index in [4.69, 9.17) is 29.6 Å². The summed E-state index contributed by atoms with van der Waals surface area (Å²) in [5, 5.41) is 9.21. The van der Waals surface area contributed by atoms with Crippen molar-refractivity contribution >= 4 is 40.5 Å². The molecule has 0 saturated carbocycles. The number of amides is 1. The number of anilines is 1. The summed E-state index contributed by atoms with van der Waals surface area (Å²) in [7, 11) is 0. The molecule has 1 amide bonds. The Morgan fingerprint density at radius 2 is 2.22 bits per heavy atom. The summed E-state index contributed by atoms with van der Waals surface area (Å²) >= 11 is 10.7. The second-order valence-corrected chi connectivity index (χ2v) is 4.18. The highest BCUT2D eigenvalue weighted by atomic mass is 35.5. The number of carbonyl (C=O) groups is 1. The smallest absolute Gasteiger partial charge is 0.258 e. The maximum Gasteiger partial charge on any atom is 0.258 e. The first kappa shape index (κ1) is 12.5. The number of nitrogens with zero attached hydrogens (tertiary/aromatic N) is 2. The summed E-state index contributed by atoms with van der Waals surface area (Å²) in [6.45, 7) is 0. The monoisotopic (exact) mass is 281 g/mol. The van der Waals surface area contributed by atoms with Crippen LogP contribution in [0.3, 0.4) is 0 Å². The number of hydrogen-bond donors (Lipinski definition) is 3. The Morgan fingerprint density at radius 3 is 2.89 bits per heavy atom. The third kappa shape index (κ3) is 2.47. The number of nitrogens with one attached hydrogen (secondary N) is 2. The normalized spacial score (nSPS) is 10.1. The Hall–Kier alpha value is -1.99. The summed E-state index contributed by atoms with van der Waals surface area (Å²) in [4.78, 5) is 15.9.